The van der Waals surface area contributed by atoms with Crippen LogP contribution in [0, 0.1) is 0 Å². The summed E-state index contributed by atoms with van der Waals surface area (Å²) in [4.78, 5) is 22.5. The van der Waals surface area contributed by atoms with E-state index in [0.29, 0.717) is 10.2 Å². The summed E-state index contributed by atoms with van der Waals surface area (Å²) in [6.07, 6.45) is 1.45. The SMILES string of the molecule is CC(=O)Nc1c(C(=O)O)sc2nnccc12. The lowest BCUT2D eigenvalue weighted by atomic mass is 10.2. The largest absolute Gasteiger partial charge is 0.477 e. The van der Waals surface area contributed by atoms with Crippen LogP contribution in [-0.2, 0) is 4.79 Å². The molecule has 0 fully saturated rings. The number of hydrogen-bond donors (Lipinski definition) is 2. The molecule has 2 aromatic heterocycles. The number of rotatable bonds is 2. The number of aromatic carboxylic acids is 1. The zero-order valence-corrected chi connectivity index (χ0v) is 9.04. The van der Waals surface area contributed by atoms with Crippen LogP contribution < -0.4 is 5.32 Å². The molecule has 2 N–H and O–H groups in total. The highest BCUT2D eigenvalue weighted by atomic mass is 32.1. The van der Waals surface area contributed by atoms with E-state index in [1.807, 2.05) is 0 Å². The maximum atomic E-state index is 11.0. The smallest absolute Gasteiger partial charge is 0.348 e. The molecule has 0 saturated heterocycles. The molecule has 0 spiro atoms. The lowest BCUT2D eigenvalue weighted by molar-refractivity contribution is -0.114. The quantitative estimate of drug-likeness (QED) is 0.822. The summed E-state index contributed by atoms with van der Waals surface area (Å²) in [7, 11) is 0. The molecule has 16 heavy (non-hydrogen) atoms. The van der Waals surface area contributed by atoms with Crippen LogP contribution in [0.1, 0.15) is 16.6 Å². The van der Waals surface area contributed by atoms with Gasteiger partial charge in [-0.3, -0.25) is 4.79 Å². The number of hydrogen-bond acceptors (Lipinski definition) is 5. The van der Waals surface area contributed by atoms with E-state index in [0.717, 1.165) is 11.3 Å². The molecule has 82 valence electrons. The van der Waals surface area contributed by atoms with Gasteiger partial charge in [0.1, 0.15) is 9.71 Å². The molecule has 2 rings (SSSR count). The van der Waals surface area contributed by atoms with Gasteiger partial charge in [-0.15, -0.1) is 16.4 Å². The van der Waals surface area contributed by atoms with Gasteiger partial charge < -0.3 is 10.4 Å². The summed E-state index contributed by atoms with van der Waals surface area (Å²) in [5.74, 6) is -1.41. The van der Waals surface area contributed by atoms with Crippen LogP contribution in [0.3, 0.4) is 0 Å². The van der Waals surface area contributed by atoms with Crippen molar-refractivity contribution in [1.82, 2.24) is 10.2 Å². The topological polar surface area (TPSA) is 92.2 Å². The lowest BCUT2D eigenvalue weighted by Gasteiger charge is -2.00. The molecule has 2 aromatic rings. The summed E-state index contributed by atoms with van der Waals surface area (Å²) < 4.78 is 0. The lowest BCUT2D eigenvalue weighted by Crippen LogP contribution is -2.08. The van der Waals surface area contributed by atoms with Crippen molar-refractivity contribution in [2.45, 2.75) is 6.92 Å². The molecule has 0 unspecified atom stereocenters. The third-order valence-corrected chi connectivity index (χ3v) is 2.96. The van der Waals surface area contributed by atoms with Crippen molar-refractivity contribution in [2.24, 2.45) is 0 Å². The van der Waals surface area contributed by atoms with Gasteiger partial charge in [0, 0.05) is 12.3 Å². The number of carbonyl (C=O) groups excluding carboxylic acids is 1. The summed E-state index contributed by atoms with van der Waals surface area (Å²) in [6, 6.07) is 1.62. The van der Waals surface area contributed by atoms with Crippen LogP contribution in [0.5, 0.6) is 0 Å². The summed E-state index contributed by atoms with van der Waals surface area (Å²) >= 11 is 0.986. The Bertz CT molecular complexity index is 578. The van der Waals surface area contributed by atoms with E-state index in [1.54, 1.807) is 6.07 Å². The van der Waals surface area contributed by atoms with Crippen LogP contribution in [-0.4, -0.2) is 27.2 Å². The number of amides is 1. The Morgan fingerprint density at radius 2 is 2.25 bits per heavy atom. The van der Waals surface area contributed by atoms with Crippen molar-refractivity contribution in [3.8, 4) is 0 Å². The zero-order valence-electron chi connectivity index (χ0n) is 8.22. The molecule has 7 heteroatoms. The fraction of sp³-hybridized carbons (Fsp3) is 0.111. The zero-order chi connectivity index (χ0) is 11.7. The number of carboxylic acid groups (broad SMARTS) is 1. The number of thiophene rings is 1. The van der Waals surface area contributed by atoms with Gasteiger partial charge in [-0.1, -0.05) is 0 Å². The predicted molar refractivity (Wildman–Crippen MR) is 58.7 cm³/mol. The monoisotopic (exact) mass is 237 g/mol. The Hall–Kier alpha value is -2.02. The molecule has 0 aliphatic rings. The normalized spacial score (nSPS) is 10.3. The Morgan fingerprint density at radius 3 is 2.88 bits per heavy atom. The highest BCUT2D eigenvalue weighted by molar-refractivity contribution is 7.21. The minimum absolute atomic E-state index is 0.0608. The molecular weight excluding hydrogens is 230 g/mol. The molecule has 0 radical (unpaired) electrons. The van der Waals surface area contributed by atoms with Gasteiger partial charge in [0.2, 0.25) is 5.91 Å². The molecule has 2 heterocycles. The Kier molecular flexibility index (Phi) is 2.53. The van der Waals surface area contributed by atoms with E-state index in [1.165, 1.54) is 13.1 Å². The number of nitrogens with zero attached hydrogens (tertiary/aromatic N) is 2. The van der Waals surface area contributed by atoms with Crippen molar-refractivity contribution in [3.63, 3.8) is 0 Å². The Balaban J connectivity index is 2.69. The first-order valence-electron chi connectivity index (χ1n) is 4.34. The summed E-state index contributed by atoms with van der Waals surface area (Å²) in [5.41, 5.74) is 0.287. The van der Waals surface area contributed by atoms with Gasteiger partial charge in [-0.25, -0.2) is 4.79 Å². The molecule has 0 bridgehead atoms. The molecule has 1 amide bonds. The minimum atomic E-state index is -1.09. The van der Waals surface area contributed by atoms with E-state index in [-0.39, 0.29) is 16.5 Å². The van der Waals surface area contributed by atoms with E-state index in [9.17, 15) is 9.59 Å². The van der Waals surface area contributed by atoms with Crippen LogP contribution in [0.2, 0.25) is 0 Å². The average molecular weight is 237 g/mol. The molecule has 0 aliphatic heterocycles. The standard InChI is InChI=1S/C9H7N3O3S/c1-4(13)11-6-5-2-3-10-12-8(5)16-7(6)9(14)15/h2-3H,1H3,(H,11,13)(H,14,15). The highest BCUT2D eigenvalue weighted by Crippen LogP contribution is 2.33. The third-order valence-electron chi connectivity index (χ3n) is 1.88. The number of fused-ring (bicyclic) bond motifs is 1. The fourth-order valence-corrected chi connectivity index (χ4v) is 2.22. The first kappa shape index (κ1) is 10.5. The maximum Gasteiger partial charge on any atom is 0.348 e. The van der Waals surface area contributed by atoms with Crippen LogP contribution >= 0.6 is 11.3 Å². The molecular formula is C9H7N3O3S. The summed E-state index contributed by atoms with van der Waals surface area (Å²) in [6.45, 7) is 1.32. The maximum absolute atomic E-state index is 11.0. The summed E-state index contributed by atoms with van der Waals surface area (Å²) in [5, 5.41) is 19.5. The first-order chi connectivity index (χ1) is 7.59. The van der Waals surface area contributed by atoms with Crippen molar-refractivity contribution in [3.05, 3.63) is 17.1 Å². The molecule has 0 aliphatic carbocycles. The van der Waals surface area contributed by atoms with Crippen molar-refractivity contribution in [1.29, 1.82) is 0 Å². The second-order valence-corrected chi connectivity index (χ2v) is 4.04. The van der Waals surface area contributed by atoms with Gasteiger partial charge >= 0.3 is 5.97 Å². The molecule has 0 aromatic carbocycles. The van der Waals surface area contributed by atoms with Gasteiger partial charge in [0.15, 0.2) is 0 Å². The van der Waals surface area contributed by atoms with Crippen LogP contribution in [0.4, 0.5) is 5.69 Å². The number of anilines is 1. The number of aromatic nitrogens is 2. The molecule has 0 atom stereocenters. The number of carbonyl (C=O) groups is 2. The van der Waals surface area contributed by atoms with Gasteiger partial charge in [0.25, 0.3) is 0 Å². The second kappa shape index (κ2) is 3.86. The second-order valence-electron chi connectivity index (χ2n) is 3.04. The predicted octanol–water partition coefficient (Wildman–Crippen LogP) is 1.35. The minimum Gasteiger partial charge on any atom is -0.477 e. The van der Waals surface area contributed by atoms with E-state index < -0.39 is 5.97 Å². The number of carboxylic acids is 1. The first-order valence-corrected chi connectivity index (χ1v) is 5.16. The Labute approximate surface area is 93.9 Å². The van der Waals surface area contributed by atoms with Crippen LogP contribution in [0.15, 0.2) is 12.3 Å². The third kappa shape index (κ3) is 1.72. The molecule has 0 saturated carbocycles. The van der Waals surface area contributed by atoms with Crippen molar-refractivity contribution < 1.29 is 14.7 Å². The fourth-order valence-electron chi connectivity index (χ4n) is 1.31. The van der Waals surface area contributed by atoms with E-state index in [2.05, 4.69) is 15.5 Å². The highest BCUT2D eigenvalue weighted by Gasteiger charge is 2.19. The van der Waals surface area contributed by atoms with Gasteiger partial charge in [-0.05, 0) is 6.07 Å². The van der Waals surface area contributed by atoms with Gasteiger partial charge in [0.05, 0.1) is 11.9 Å². The van der Waals surface area contributed by atoms with E-state index in [4.69, 9.17) is 5.11 Å². The van der Waals surface area contributed by atoms with Gasteiger partial charge in [-0.2, -0.15) is 5.10 Å². The van der Waals surface area contributed by atoms with Crippen molar-refractivity contribution in [2.75, 3.05) is 5.32 Å². The molecule has 6 nitrogen and oxygen atoms in total. The number of nitrogens with one attached hydrogen (secondary N) is 1. The average Bonchev–Trinajstić information content (AvgIpc) is 2.57. The van der Waals surface area contributed by atoms with Crippen LogP contribution in [0.25, 0.3) is 10.2 Å². The van der Waals surface area contributed by atoms with E-state index >= 15 is 0 Å². The van der Waals surface area contributed by atoms with Crippen molar-refractivity contribution >= 4 is 39.1 Å². The Morgan fingerprint density at radius 1 is 1.50 bits per heavy atom.